The van der Waals surface area contributed by atoms with Crippen molar-refractivity contribution in [3.05, 3.63) is 22.7 Å². The van der Waals surface area contributed by atoms with Crippen LogP contribution >= 0.6 is 11.3 Å². The summed E-state index contributed by atoms with van der Waals surface area (Å²) in [5, 5.41) is 10.2. The highest BCUT2D eigenvalue weighted by Gasteiger charge is 2.21. The lowest BCUT2D eigenvalue weighted by Crippen LogP contribution is -2.19. The third-order valence-corrected chi connectivity index (χ3v) is 3.88. The number of rotatable bonds is 4. The van der Waals surface area contributed by atoms with Crippen molar-refractivity contribution >= 4 is 33.2 Å². The molecule has 0 amide bonds. The van der Waals surface area contributed by atoms with E-state index in [0.717, 1.165) is 34.6 Å². The summed E-state index contributed by atoms with van der Waals surface area (Å²) in [6, 6.07) is 3.88. The van der Waals surface area contributed by atoms with Crippen LogP contribution in [0.15, 0.2) is 12.1 Å². The Labute approximate surface area is 110 Å². The molecule has 0 aliphatic rings. The molecule has 18 heavy (non-hydrogen) atoms. The first-order valence-corrected chi connectivity index (χ1v) is 6.70. The smallest absolute Gasteiger partial charge is 0.348 e. The minimum atomic E-state index is -0.881. The van der Waals surface area contributed by atoms with E-state index < -0.39 is 5.97 Å². The van der Waals surface area contributed by atoms with Crippen LogP contribution < -0.4 is 4.90 Å². The Hall–Kier alpha value is -1.62. The van der Waals surface area contributed by atoms with Crippen LogP contribution in [0.5, 0.6) is 0 Å². The van der Waals surface area contributed by atoms with Gasteiger partial charge in [-0.2, -0.15) is 0 Å². The summed E-state index contributed by atoms with van der Waals surface area (Å²) in [4.78, 5) is 18.9. The highest BCUT2D eigenvalue weighted by Crippen LogP contribution is 2.37. The number of carboxylic acid groups (broad SMARTS) is 1. The molecule has 2 heterocycles. The number of hydrogen-bond donors (Lipinski definition) is 1. The van der Waals surface area contributed by atoms with Gasteiger partial charge in [0, 0.05) is 24.7 Å². The standard InChI is InChI=1S/C13H16N2O2S/c1-4-7-15(3)10-9-6-5-8(2)14-12(9)18-11(10)13(16)17/h5-6H,4,7H2,1-3H3,(H,16,17). The molecular weight excluding hydrogens is 248 g/mol. The van der Waals surface area contributed by atoms with E-state index >= 15 is 0 Å². The maximum absolute atomic E-state index is 11.3. The van der Waals surface area contributed by atoms with Gasteiger partial charge < -0.3 is 10.0 Å². The molecule has 2 aromatic heterocycles. The summed E-state index contributed by atoms with van der Waals surface area (Å²) in [6.45, 7) is 4.82. The van der Waals surface area contributed by atoms with E-state index in [1.807, 2.05) is 31.0 Å². The van der Waals surface area contributed by atoms with Gasteiger partial charge in [-0.15, -0.1) is 11.3 Å². The van der Waals surface area contributed by atoms with Gasteiger partial charge in [0.15, 0.2) is 0 Å². The zero-order valence-corrected chi connectivity index (χ0v) is 11.5. The van der Waals surface area contributed by atoms with Gasteiger partial charge >= 0.3 is 5.97 Å². The quantitative estimate of drug-likeness (QED) is 0.921. The molecule has 0 spiro atoms. The molecule has 0 saturated carbocycles. The zero-order chi connectivity index (χ0) is 13.3. The van der Waals surface area contributed by atoms with E-state index in [0.29, 0.717) is 4.88 Å². The maximum Gasteiger partial charge on any atom is 0.348 e. The van der Waals surface area contributed by atoms with E-state index in [1.54, 1.807) is 0 Å². The van der Waals surface area contributed by atoms with Crippen molar-refractivity contribution in [2.75, 3.05) is 18.5 Å². The van der Waals surface area contributed by atoms with Crippen LogP contribution in [0.4, 0.5) is 5.69 Å². The lowest BCUT2D eigenvalue weighted by molar-refractivity contribution is 0.0703. The molecule has 0 fully saturated rings. The normalized spacial score (nSPS) is 10.8. The van der Waals surface area contributed by atoms with Gasteiger partial charge in [0.2, 0.25) is 0 Å². The first-order chi connectivity index (χ1) is 8.54. The van der Waals surface area contributed by atoms with Crippen molar-refractivity contribution in [1.82, 2.24) is 4.98 Å². The molecule has 0 atom stereocenters. The molecule has 0 aromatic carbocycles. The molecule has 4 nitrogen and oxygen atoms in total. The SMILES string of the molecule is CCCN(C)c1c(C(=O)O)sc2nc(C)ccc12. The van der Waals surface area contributed by atoms with Crippen LogP contribution in [0.1, 0.15) is 28.7 Å². The lowest BCUT2D eigenvalue weighted by Gasteiger charge is -2.18. The van der Waals surface area contributed by atoms with Crippen LogP contribution in [0.25, 0.3) is 10.2 Å². The van der Waals surface area contributed by atoms with Gasteiger partial charge in [0.05, 0.1) is 5.69 Å². The van der Waals surface area contributed by atoms with Gasteiger partial charge in [-0.1, -0.05) is 6.92 Å². The Balaban J connectivity index is 2.66. The Morgan fingerprint density at radius 3 is 2.83 bits per heavy atom. The summed E-state index contributed by atoms with van der Waals surface area (Å²) >= 11 is 1.25. The van der Waals surface area contributed by atoms with Crippen molar-refractivity contribution in [2.45, 2.75) is 20.3 Å². The monoisotopic (exact) mass is 264 g/mol. The number of anilines is 1. The minimum Gasteiger partial charge on any atom is -0.477 e. The number of thiophene rings is 1. The second kappa shape index (κ2) is 4.94. The fraction of sp³-hybridized carbons (Fsp3) is 0.385. The zero-order valence-electron chi connectivity index (χ0n) is 10.7. The predicted molar refractivity (Wildman–Crippen MR) is 74.9 cm³/mol. The van der Waals surface area contributed by atoms with Gasteiger partial charge in [-0.3, -0.25) is 0 Å². The van der Waals surface area contributed by atoms with Crippen LogP contribution in [0.2, 0.25) is 0 Å². The molecule has 2 rings (SSSR count). The Bertz CT molecular complexity index is 592. The molecule has 0 aliphatic heterocycles. The maximum atomic E-state index is 11.3. The number of hydrogen-bond acceptors (Lipinski definition) is 4. The van der Waals surface area contributed by atoms with E-state index in [-0.39, 0.29) is 0 Å². The van der Waals surface area contributed by atoms with E-state index in [9.17, 15) is 9.90 Å². The lowest BCUT2D eigenvalue weighted by atomic mass is 10.2. The van der Waals surface area contributed by atoms with Gasteiger partial charge in [-0.25, -0.2) is 9.78 Å². The van der Waals surface area contributed by atoms with Crippen molar-refractivity contribution < 1.29 is 9.90 Å². The van der Waals surface area contributed by atoms with Crippen molar-refractivity contribution in [3.63, 3.8) is 0 Å². The largest absolute Gasteiger partial charge is 0.477 e. The fourth-order valence-electron chi connectivity index (χ4n) is 2.03. The molecule has 0 unspecified atom stereocenters. The Morgan fingerprint density at radius 2 is 2.22 bits per heavy atom. The number of aromatic carboxylic acids is 1. The number of carboxylic acids is 1. The molecule has 1 N–H and O–H groups in total. The molecule has 5 heteroatoms. The van der Waals surface area contributed by atoms with Gasteiger partial charge in [-0.05, 0) is 25.5 Å². The number of nitrogens with zero attached hydrogens (tertiary/aromatic N) is 2. The minimum absolute atomic E-state index is 0.374. The third kappa shape index (κ3) is 2.18. The second-order valence-electron chi connectivity index (χ2n) is 4.31. The number of aryl methyl sites for hydroxylation is 1. The summed E-state index contributed by atoms with van der Waals surface area (Å²) in [6.07, 6.45) is 0.978. The first-order valence-electron chi connectivity index (χ1n) is 5.89. The fourth-order valence-corrected chi connectivity index (χ4v) is 3.14. The van der Waals surface area contributed by atoms with Crippen LogP contribution in [-0.2, 0) is 0 Å². The second-order valence-corrected chi connectivity index (χ2v) is 5.31. The number of carbonyl (C=O) groups is 1. The third-order valence-electron chi connectivity index (χ3n) is 2.80. The Morgan fingerprint density at radius 1 is 1.50 bits per heavy atom. The average molecular weight is 264 g/mol. The average Bonchev–Trinajstić information content (AvgIpc) is 2.67. The summed E-state index contributed by atoms with van der Waals surface area (Å²) in [5.41, 5.74) is 1.70. The van der Waals surface area contributed by atoms with E-state index in [1.165, 1.54) is 11.3 Å². The Kier molecular flexibility index (Phi) is 3.52. The summed E-state index contributed by atoms with van der Waals surface area (Å²) in [7, 11) is 1.93. The predicted octanol–water partition coefficient (Wildman–Crippen LogP) is 3.15. The number of fused-ring (bicyclic) bond motifs is 1. The summed E-state index contributed by atoms with van der Waals surface area (Å²) < 4.78 is 0. The van der Waals surface area contributed by atoms with Crippen LogP contribution in [-0.4, -0.2) is 29.7 Å². The van der Waals surface area contributed by atoms with Crippen molar-refractivity contribution in [1.29, 1.82) is 0 Å². The van der Waals surface area contributed by atoms with Crippen LogP contribution in [0.3, 0.4) is 0 Å². The van der Waals surface area contributed by atoms with Crippen molar-refractivity contribution in [3.8, 4) is 0 Å². The highest BCUT2D eigenvalue weighted by atomic mass is 32.1. The van der Waals surface area contributed by atoms with E-state index in [2.05, 4.69) is 11.9 Å². The molecule has 96 valence electrons. The van der Waals surface area contributed by atoms with Crippen LogP contribution in [0, 0.1) is 6.92 Å². The molecule has 0 aliphatic carbocycles. The highest BCUT2D eigenvalue weighted by molar-refractivity contribution is 7.21. The molecule has 0 bridgehead atoms. The first kappa shape index (κ1) is 12.8. The molecule has 0 radical (unpaired) electrons. The van der Waals surface area contributed by atoms with E-state index in [4.69, 9.17) is 0 Å². The molecular formula is C13H16N2O2S. The summed E-state index contributed by atoms with van der Waals surface area (Å²) in [5.74, 6) is -0.881. The topological polar surface area (TPSA) is 53.4 Å². The number of aromatic nitrogens is 1. The van der Waals surface area contributed by atoms with Gasteiger partial charge in [0.25, 0.3) is 0 Å². The molecule has 0 saturated heterocycles. The van der Waals surface area contributed by atoms with Gasteiger partial charge in [0.1, 0.15) is 9.71 Å². The van der Waals surface area contributed by atoms with Crippen molar-refractivity contribution in [2.24, 2.45) is 0 Å². The molecule has 2 aromatic rings. The number of pyridine rings is 1.